The first-order valence-corrected chi connectivity index (χ1v) is 8.36. The number of rotatable bonds is 6. The zero-order chi connectivity index (χ0) is 17.1. The lowest BCUT2D eigenvalue weighted by Gasteiger charge is -2.04. The van der Waals surface area contributed by atoms with Crippen molar-refractivity contribution in [1.29, 1.82) is 0 Å². The van der Waals surface area contributed by atoms with E-state index in [-0.39, 0.29) is 5.69 Å². The highest BCUT2D eigenvalue weighted by Crippen LogP contribution is 2.27. The van der Waals surface area contributed by atoms with Gasteiger partial charge >= 0.3 is 5.69 Å². The second kappa shape index (κ2) is 6.79. The molecule has 0 amide bonds. The molecule has 3 rings (SSSR count). The predicted octanol–water partition coefficient (Wildman–Crippen LogP) is 3.41. The van der Waals surface area contributed by atoms with Crippen molar-refractivity contribution >= 4 is 22.8 Å². The van der Waals surface area contributed by atoms with Gasteiger partial charge in [0.2, 0.25) is 5.82 Å². The molecule has 3 aromatic rings. The van der Waals surface area contributed by atoms with E-state index < -0.39 is 4.92 Å². The van der Waals surface area contributed by atoms with E-state index in [2.05, 4.69) is 15.4 Å². The average molecular weight is 343 g/mol. The third-order valence-corrected chi connectivity index (χ3v) is 4.56. The first-order valence-electron chi connectivity index (χ1n) is 7.48. The first-order chi connectivity index (χ1) is 11.6. The number of aromatic nitrogens is 3. The van der Waals surface area contributed by atoms with Crippen LogP contribution in [0, 0.1) is 17.0 Å². The lowest BCUT2D eigenvalue weighted by Crippen LogP contribution is -2.10. The van der Waals surface area contributed by atoms with Crippen molar-refractivity contribution in [2.24, 2.45) is 7.05 Å². The van der Waals surface area contributed by atoms with Crippen LogP contribution < -0.4 is 5.32 Å². The Bertz CT molecular complexity index is 857. The van der Waals surface area contributed by atoms with Crippen molar-refractivity contribution < 1.29 is 4.92 Å². The van der Waals surface area contributed by atoms with Crippen LogP contribution in [0.25, 0.3) is 10.6 Å². The summed E-state index contributed by atoms with van der Waals surface area (Å²) in [5.74, 6) is 0.427. The highest BCUT2D eigenvalue weighted by Gasteiger charge is 2.23. The van der Waals surface area contributed by atoms with E-state index in [1.54, 1.807) is 25.3 Å². The Morgan fingerprint density at radius 2 is 2.08 bits per heavy atom. The summed E-state index contributed by atoms with van der Waals surface area (Å²) in [6, 6.07) is 10.0. The van der Waals surface area contributed by atoms with Gasteiger partial charge in [-0.2, -0.15) is 5.10 Å². The Kier molecular flexibility index (Phi) is 4.57. The highest BCUT2D eigenvalue weighted by molar-refractivity contribution is 7.13. The standard InChI is InChI=1S/C16H17N5O2S/c1-11-14(21(22)23)15(20(2)19-11)17-9-8-13-10-24-16(18-13)12-6-4-3-5-7-12/h3-7,10,17H,8-9H2,1-2H3. The van der Waals surface area contributed by atoms with Crippen LogP contribution in [0.4, 0.5) is 11.5 Å². The van der Waals surface area contributed by atoms with Crippen molar-refractivity contribution in [3.05, 3.63) is 57.2 Å². The fraction of sp³-hybridized carbons (Fsp3) is 0.250. The molecule has 0 aliphatic rings. The van der Waals surface area contributed by atoms with Crippen LogP contribution in [0.1, 0.15) is 11.4 Å². The van der Waals surface area contributed by atoms with E-state index >= 15 is 0 Å². The Hall–Kier alpha value is -2.74. The molecule has 0 bridgehead atoms. The van der Waals surface area contributed by atoms with Crippen LogP contribution >= 0.6 is 11.3 Å². The molecular weight excluding hydrogens is 326 g/mol. The summed E-state index contributed by atoms with van der Waals surface area (Å²) in [4.78, 5) is 15.4. The quantitative estimate of drug-likeness (QED) is 0.547. The molecule has 0 fully saturated rings. The number of nitrogens with one attached hydrogen (secondary N) is 1. The maximum atomic E-state index is 11.2. The molecule has 1 N–H and O–H groups in total. The molecule has 1 aromatic carbocycles. The third-order valence-electron chi connectivity index (χ3n) is 3.62. The summed E-state index contributed by atoms with van der Waals surface area (Å²) in [6.07, 6.45) is 0.685. The van der Waals surface area contributed by atoms with Crippen molar-refractivity contribution in [2.75, 3.05) is 11.9 Å². The Balaban J connectivity index is 1.66. The van der Waals surface area contributed by atoms with Gasteiger partial charge in [-0.15, -0.1) is 11.3 Å². The van der Waals surface area contributed by atoms with E-state index in [9.17, 15) is 10.1 Å². The molecular formula is C16H17N5O2S. The fourth-order valence-corrected chi connectivity index (χ4v) is 3.37. The molecule has 0 unspecified atom stereocenters. The SMILES string of the molecule is Cc1nn(C)c(NCCc2csc(-c3ccccc3)n2)c1[N+](=O)[O-]. The van der Waals surface area contributed by atoms with E-state index in [1.807, 2.05) is 35.7 Å². The number of nitro groups is 1. The summed E-state index contributed by atoms with van der Waals surface area (Å²) >= 11 is 1.60. The number of nitrogens with zero attached hydrogens (tertiary/aromatic N) is 4. The second-order valence-electron chi connectivity index (χ2n) is 5.35. The van der Waals surface area contributed by atoms with Crippen LogP contribution in [0.15, 0.2) is 35.7 Å². The molecule has 7 nitrogen and oxygen atoms in total. The van der Waals surface area contributed by atoms with Crippen molar-refractivity contribution in [1.82, 2.24) is 14.8 Å². The van der Waals surface area contributed by atoms with Gasteiger partial charge in [0, 0.05) is 31.0 Å². The highest BCUT2D eigenvalue weighted by atomic mass is 32.1. The van der Waals surface area contributed by atoms with E-state index in [0.29, 0.717) is 24.5 Å². The summed E-state index contributed by atoms with van der Waals surface area (Å²) in [7, 11) is 1.69. The smallest absolute Gasteiger partial charge is 0.333 e. The van der Waals surface area contributed by atoms with E-state index in [1.165, 1.54) is 4.68 Å². The number of hydrogen-bond acceptors (Lipinski definition) is 6. The van der Waals surface area contributed by atoms with Gasteiger partial charge in [-0.25, -0.2) is 9.67 Å². The molecule has 0 aliphatic heterocycles. The van der Waals surface area contributed by atoms with Crippen LogP contribution in [0.2, 0.25) is 0 Å². The molecule has 0 spiro atoms. The van der Waals surface area contributed by atoms with Gasteiger partial charge in [0.25, 0.3) is 0 Å². The molecule has 2 heterocycles. The Morgan fingerprint density at radius 1 is 1.33 bits per heavy atom. The summed E-state index contributed by atoms with van der Waals surface area (Å²) in [5, 5.41) is 21.4. The zero-order valence-corrected chi connectivity index (χ0v) is 14.2. The first kappa shape index (κ1) is 16.1. The molecule has 0 radical (unpaired) electrons. The van der Waals surface area contributed by atoms with Crippen molar-refractivity contribution in [3.63, 3.8) is 0 Å². The zero-order valence-electron chi connectivity index (χ0n) is 13.4. The largest absolute Gasteiger partial charge is 0.364 e. The minimum absolute atomic E-state index is 0.0285. The second-order valence-corrected chi connectivity index (χ2v) is 6.21. The monoisotopic (exact) mass is 343 g/mol. The molecule has 0 saturated heterocycles. The van der Waals surface area contributed by atoms with Gasteiger partial charge in [0.05, 0.1) is 10.6 Å². The van der Waals surface area contributed by atoms with Crippen LogP contribution in [0.3, 0.4) is 0 Å². The van der Waals surface area contributed by atoms with Gasteiger partial charge in [0.15, 0.2) is 0 Å². The van der Waals surface area contributed by atoms with Gasteiger partial charge in [0.1, 0.15) is 10.7 Å². The Labute approximate surface area is 143 Å². The van der Waals surface area contributed by atoms with Crippen LogP contribution in [0.5, 0.6) is 0 Å². The van der Waals surface area contributed by atoms with Gasteiger partial charge in [-0.1, -0.05) is 30.3 Å². The van der Waals surface area contributed by atoms with E-state index in [0.717, 1.165) is 16.3 Å². The van der Waals surface area contributed by atoms with Crippen molar-refractivity contribution in [3.8, 4) is 10.6 Å². The minimum atomic E-state index is -0.402. The van der Waals surface area contributed by atoms with Gasteiger partial charge in [-0.05, 0) is 6.92 Å². The molecule has 0 saturated carbocycles. The molecule has 2 aromatic heterocycles. The molecule has 0 atom stereocenters. The third kappa shape index (κ3) is 3.28. The molecule has 124 valence electrons. The molecule has 0 aliphatic carbocycles. The topological polar surface area (TPSA) is 85.9 Å². The minimum Gasteiger partial charge on any atom is -0.364 e. The lowest BCUT2D eigenvalue weighted by molar-refractivity contribution is -0.384. The average Bonchev–Trinajstić information content (AvgIpc) is 3.13. The molecule has 8 heteroatoms. The number of hydrogen-bond donors (Lipinski definition) is 1. The summed E-state index contributed by atoms with van der Waals surface area (Å²) in [6.45, 7) is 2.19. The number of aryl methyl sites for hydroxylation is 2. The van der Waals surface area contributed by atoms with Gasteiger partial charge < -0.3 is 5.32 Å². The summed E-state index contributed by atoms with van der Waals surface area (Å²) in [5.41, 5.74) is 2.50. The Morgan fingerprint density at radius 3 is 2.79 bits per heavy atom. The number of thiazole rings is 1. The maximum absolute atomic E-state index is 11.2. The summed E-state index contributed by atoms with van der Waals surface area (Å²) < 4.78 is 1.50. The van der Waals surface area contributed by atoms with Crippen LogP contribution in [-0.4, -0.2) is 26.2 Å². The number of benzene rings is 1. The lowest BCUT2D eigenvalue weighted by atomic mass is 10.2. The number of anilines is 1. The fourth-order valence-electron chi connectivity index (χ4n) is 2.51. The molecule has 24 heavy (non-hydrogen) atoms. The van der Waals surface area contributed by atoms with Crippen molar-refractivity contribution in [2.45, 2.75) is 13.3 Å². The maximum Gasteiger partial charge on any atom is 0.333 e. The van der Waals surface area contributed by atoms with E-state index in [4.69, 9.17) is 0 Å². The predicted molar refractivity (Wildman–Crippen MR) is 94.3 cm³/mol. The normalized spacial score (nSPS) is 10.8. The van der Waals surface area contributed by atoms with Gasteiger partial charge in [-0.3, -0.25) is 10.1 Å². The van der Waals surface area contributed by atoms with Crippen LogP contribution in [-0.2, 0) is 13.5 Å².